The van der Waals surface area contributed by atoms with E-state index in [2.05, 4.69) is 4.90 Å². The summed E-state index contributed by atoms with van der Waals surface area (Å²) in [5, 5.41) is 1.15. The Morgan fingerprint density at radius 2 is 1.75 bits per heavy atom. The Hall–Kier alpha value is -0.770. The predicted molar refractivity (Wildman–Crippen MR) is 99.8 cm³/mol. The molecule has 5 heteroatoms. The van der Waals surface area contributed by atoms with Gasteiger partial charge in [0.1, 0.15) is 0 Å². The van der Waals surface area contributed by atoms with Crippen LogP contribution in [0, 0.1) is 0 Å². The van der Waals surface area contributed by atoms with Gasteiger partial charge < -0.3 is 4.90 Å². The lowest BCUT2D eigenvalue weighted by atomic mass is 9.88. The van der Waals surface area contributed by atoms with Crippen LogP contribution in [-0.4, -0.2) is 47.9 Å². The normalized spacial score (nSPS) is 25.0. The van der Waals surface area contributed by atoms with Crippen LogP contribution in [0.15, 0.2) is 18.2 Å². The van der Waals surface area contributed by atoms with Gasteiger partial charge in [-0.3, -0.25) is 9.69 Å². The van der Waals surface area contributed by atoms with Crippen LogP contribution in [0.3, 0.4) is 0 Å². The number of halogens is 2. The van der Waals surface area contributed by atoms with Crippen LogP contribution in [0.25, 0.3) is 0 Å². The second kappa shape index (κ2) is 8.07. The molecule has 1 aromatic carbocycles. The molecule has 0 spiro atoms. The zero-order valence-corrected chi connectivity index (χ0v) is 15.8. The molecule has 1 heterocycles. The number of hydrogen-bond donors (Lipinski definition) is 0. The highest BCUT2D eigenvalue weighted by Gasteiger charge is 2.35. The number of carbonyl (C=O) groups excluding carboxylic acids is 1. The van der Waals surface area contributed by atoms with Crippen molar-refractivity contribution in [3.63, 3.8) is 0 Å². The van der Waals surface area contributed by atoms with Gasteiger partial charge >= 0.3 is 0 Å². The summed E-state index contributed by atoms with van der Waals surface area (Å²) in [6.07, 6.45) is 7.63. The van der Waals surface area contributed by atoms with Gasteiger partial charge in [-0.25, -0.2) is 0 Å². The van der Waals surface area contributed by atoms with E-state index in [1.807, 2.05) is 18.0 Å². The third-order valence-electron chi connectivity index (χ3n) is 5.58. The molecule has 132 valence electrons. The Kier molecular flexibility index (Phi) is 6.07. The van der Waals surface area contributed by atoms with Gasteiger partial charge in [-0.1, -0.05) is 42.1 Å². The summed E-state index contributed by atoms with van der Waals surface area (Å²) in [6.45, 7) is 2.36. The summed E-state index contributed by atoms with van der Waals surface area (Å²) < 4.78 is 0. The molecular formula is C19H26Cl2N2O. The van der Waals surface area contributed by atoms with E-state index in [1.165, 1.54) is 45.2 Å². The molecule has 3 rings (SSSR count). The molecule has 1 aliphatic heterocycles. The molecule has 0 N–H and O–H groups in total. The first-order valence-corrected chi connectivity index (χ1v) is 9.76. The van der Waals surface area contributed by atoms with Crippen LogP contribution in [-0.2, 0) is 11.2 Å². The van der Waals surface area contributed by atoms with E-state index < -0.39 is 0 Å². The molecule has 0 aromatic heterocycles. The van der Waals surface area contributed by atoms with Gasteiger partial charge in [-0.15, -0.1) is 0 Å². The van der Waals surface area contributed by atoms with Crippen molar-refractivity contribution in [1.29, 1.82) is 0 Å². The highest BCUT2D eigenvalue weighted by atomic mass is 35.5. The van der Waals surface area contributed by atoms with E-state index in [4.69, 9.17) is 23.2 Å². The third-order valence-corrected chi connectivity index (χ3v) is 6.29. The Morgan fingerprint density at radius 3 is 2.42 bits per heavy atom. The van der Waals surface area contributed by atoms with Crippen molar-refractivity contribution >= 4 is 29.1 Å². The summed E-state index contributed by atoms with van der Waals surface area (Å²) in [6, 6.07) is 6.22. The van der Waals surface area contributed by atoms with Crippen molar-refractivity contribution in [2.24, 2.45) is 0 Å². The number of hydrogen-bond acceptors (Lipinski definition) is 2. The standard InChI is InChI=1S/C19H26Cl2N2O/c1-22(19(24)13-14-15(20)7-6-8-16(14)21)17-9-2-3-10-18(17)23-11-4-5-12-23/h6-8,17-18H,2-5,9-13H2,1H3/t17-,18+/m1/s1. The maximum absolute atomic E-state index is 12.9. The number of likely N-dealkylation sites (tertiary alicyclic amines) is 1. The second-order valence-electron chi connectivity index (χ2n) is 7.04. The number of benzene rings is 1. The van der Waals surface area contributed by atoms with Gasteiger partial charge in [0.2, 0.25) is 5.91 Å². The molecule has 0 bridgehead atoms. The van der Waals surface area contributed by atoms with Crippen LogP contribution < -0.4 is 0 Å². The SMILES string of the molecule is CN(C(=O)Cc1c(Cl)cccc1Cl)[C@@H]1CCCC[C@@H]1N1CCCC1. The average molecular weight is 369 g/mol. The Labute approximate surface area is 154 Å². The molecule has 1 saturated heterocycles. The van der Waals surface area contributed by atoms with Gasteiger partial charge in [-0.05, 0) is 56.5 Å². The minimum Gasteiger partial charge on any atom is -0.341 e. The predicted octanol–water partition coefficient (Wildman–Crippen LogP) is 4.40. The zero-order chi connectivity index (χ0) is 17.1. The van der Waals surface area contributed by atoms with Crippen LogP contribution in [0.4, 0.5) is 0 Å². The summed E-state index contributed by atoms with van der Waals surface area (Å²) in [4.78, 5) is 17.4. The smallest absolute Gasteiger partial charge is 0.227 e. The second-order valence-corrected chi connectivity index (χ2v) is 7.86. The quantitative estimate of drug-likeness (QED) is 0.785. The Morgan fingerprint density at radius 1 is 1.12 bits per heavy atom. The third kappa shape index (κ3) is 3.89. The van der Waals surface area contributed by atoms with Crippen LogP contribution >= 0.6 is 23.2 Å². The van der Waals surface area contributed by atoms with E-state index in [0.29, 0.717) is 22.1 Å². The van der Waals surface area contributed by atoms with Gasteiger partial charge in [0.05, 0.1) is 6.42 Å². The molecule has 1 aliphatic carbocycles. The lowest BCUT2D eigenvalue weighted by Crippen LogP contribution is -2.53. The van der Waals surface area contributed by atoms with Gasteiger partial charge in [0.15, 0.2) is 0 Å². The number of carbonyl (C=O) groups is 1. The molecule has 2 fully saturated rings. The average Bonchev–Trinajstić information content (AvgIpc) is 3.12. The van der Waals surface area contributed by atoms with Crippen molar-refractivity contribution < 1.29 is 4.79 Å². The summed E-state index contributed by atoms with van der Waals surface area (Å²) in [5.41, 5.74) is 0.742. The summed E-state index contributed by atoms with van der Waals surface area (Å²) >= 11 is 12.5. The fraction of sp³-hybridized carbons (Fsp3) is 0.632. The Balaban J connectivity index is 1.71. The van der Waals surface area contributed by atoms with Crippen molar-refractivity contribution in [2.75, 3.05) is 20.1 Å². The molecule has 2 atom stereocenters. The maximum Gasteiger partial charge on any atom is 0.227 e. The minimum absolute atomic E-state index is 0.112. The minimum atomic E-state index is 0.112. The topological polar surface area (TPSA) is 23.6 Å². The first-order valence-electron chi connectivity index (χ1n) is 9.00. The maximum atomic E-state index is 12.9. The summed E-state index contributed by atoms with van der Waals surface area (Å²) in [7, 11) is 1.95. The summed E-state index contributed by atoms with van der Waals surface area (Å²) in [5.74, 6) is 0.112. The molecule has 0 radical (unpaired) electrons. The van der Waals surface area contributed by atoms with Crippen molar-refractivity contribution in [1.82, 2.24) is 9.80 Å². The number of amides is 1. The zero-order valence-electron chi connectivity index (χ0n) is 14.3. The van der Waals surface area contributed by atoms with Crippen molar-refractivity contribution in [3.05, 3.63) is 33.8 Å². The number of nitrogens with zero attached hydrogens (tertiary/aromatic N) is 2. The highest BCUT2D eigenvalue weighted by Crippen LogP contribution is 2.30. The lowest BCUT2D eigenvalue weighted by molar-refractivity contribution is -0.133. The van der Waals surface area contributed by atoms with Crippen LogP contribution in [0.2, 0.25) is 10.0 Å². The van der Waals surface area contributed by atoms with Crippen LogP contribution in [0.1, 0.15) is 44.1 Å². The first kappa shape index (κ1) is 18.0. The van der Waals surface area contributed by atoms with E-state index in [9.17, 15) is 4.79 Å². The van der Waals surface area contributed by atoms with Gasteiger partial charge in [0.25, 0.3) is 0 Å². The van der Waals surface area contributed by atoms with E-state index in [1.54, 1.807) is 12.1 Å². The molecular weight excluding hydrogens is 343 g/mol. The van der Waals surface area contributed by atoms with E-state index >= 15 is 0 Å². The molecule has 0 unspecified atom stereocenters. The molecule has 24 heavy (non-hydrogen) atoms. The highest BCUT2D eigenvalue weighted by molar-refractivity contribution is 6.36. The Bertz CT molecular complexity index is 566. The fourth-order valence-electron chi connectivity index (χ4n) is 4.20. The molecule has 3 nitrogen and oxygen atoms in total. The van der Waals surface area contributed by atoms with E-state index in [-0.39, 0.29) is 12.3 Å². The molecule has 2 aliphatic rings. The van der Waals surface area contributed by atoms with Crippen LogP contribution in [0.5, 0.6) is 0 Å². The van der Waals surface area contributed by atoms with E-state index in [0.717, 1.165) is 12.0 Å². The number of rotatable bonds is 4. The van der Waals surface area contributed by atoms with Crippen molar-refractivity contribution in [3.8, 4) is 0 Å². The molecule has 1 saturated carbocycles. The molecule has 1 amide bonds. The van der Waals surface area contributed by atoms with Gasteiger partial charge in [0, 0.05) is 29.2 Å². The monoisotopic (exact) mass is 368 g/mol. The van der Waals surface area contributed by atoms with Gasteiger partial charge in [-0.2, -0.15) is 0 Å². The largest absolute Gasteiger partial charge is 0.341 e. The van der Waals surface area contributed by atoms with Crippen molar-refractivity contribution in [2.45, 2.75) is 57.0 Å². The molecule has 1 aromatic rings. The first-order chi connectivity index (χ1) is 11.6. The number of likely N-dealkylation sites (N-methyl/N-ethyl adjacent to an activating group) is 1. The fourth-order valence-corrected chi connectivity index (χ4v) is 4.74. The lowest BCUT2D eigenvalue weighted by Gasteiger charge is -2.42.